The first-order valence-electron chi connectivity index (χ1n) is 8.89. The Morgan fingerprint density at radius 3 is 2.58 bits per heavy atom. The lowest BCUT2D eigenvalue weighted by Gasteiger charge is -2.20. The Morgan fingerprint density at radius 2 is 1.96 bits per heavy atom. The number of benzene rings is 1. The third-order valence-electron chi connectivity index (χ3n) is 3.82. The highest BCUT2D eigenvalue weighted by atomic mass is 16.1. The van der Waals surface area contributed by atoms with E-state index in [-0.39, 0.29) is 5.91 Å². The summed E-state index contributed by atoms with van der Waals surface area (Å²) in [5.41, 5.74) is 1.90. The fourth-order valence-corrected chi connectivity index (χ4v) is 2.07. The summed E-state index contributed by atoms with van der Waals surface area (Å²) < 4.78 is 0. The van der Waals surface area contributed by atoms with E-state index in [9.17, 15) is 4.79 Å². The van der Waals surface area contributed by atoms with E-state index in [1.165, 1.54) is 0 Å². The number of amides is 1. The number of carbonyl (C=O) groups excluding carboxylic acids is 1. The normalized spacial score (nSPS) is 12.8. The van der Waals surface area contributed by atoms with E-state index >= 15 is 0 Å². The highest BCUT2D eigenvalue weighted by Crippen LogP contribution is 2.12. The van der Waals surface area contributed by atoms with Gasteiger partial charge in [-0.1, -0.05) is 32.9 Å². The number of rotatable bonds is 8. The van der Waals surface area contributed by atoms with Crippen molar-refractivity contribution < 1.29 is 4.79 Å². The first kappa shape index (κ1) is 20.0. The van der Waals surface area contributed by atoms with Crippen LogP contribution in [-0.2, 0) is 11.3 Å². The maximum Gasteiger partial charge on any atom is 0.224 e. The molecule has 0 spiro atoms. The third kappa shape index (κ3) is 7.49. The van der Waals surface area contributed by atoms with Crippen LogP contribution in [0.25, 0.3) is 0 Å². The lowest BCUT2D eigenvalue weighted by Crippen LogP contribution is -2.44. The summed E-state index contributed by atoms with van der Waals surface area (Å²) in [6.45, 7) is 12.0. The van der Waals surface area contributed by atoms with Gasteiger partial charge < -0.3 is 16.0 Å². The van der Waals surface area contributed by atoms with Crippen molar-refractivity contribution in [3.63, 3.8) is 0 Å². The van der Waals surface area contributed by atoms with Gasteiger partial charge in [0.1, 0.15) is 0 Å². The third-order valence-corrected chi connectivity index (χ3v) is 3.82. The van der Waals surface area contributed by atoms with E-state index in [2.05, 4.69) is 48.6 Å². The van der Waals surface area contributed by atoms with E-state index in [4.69, 9.17) is 0 Å². The number of nitrogens with one attached hydrogen (secondary N) is 3. The van der Waals surface area contributed by atoms with Gasteiger partial charge in [-0.2, -0.15) is 0 Å². The van der Waals surface area contributed by atoms with Crippen LogP contribution in [0.2, 0.25) is 0 Å². The van der Waals surface area contributed by atoms with Crippen LogP contribution < -0.4 is 16.0 Å². The molecule has 1 rings (SSSR count). The van der Waals surface area contributed by atoms with Crippen molar-refractivity contribution in [2.75, 3.05) is 11.9 Å². The first-order valence-corrected chi connectivity index (χ1v) is 8.89. The summed E-state index contributed by atoms with van der Waals surface area (Å²) in [5.74, 6) is 1.41. The van der Waals surface area contributed by atoms with Gasteiger partial charge in [0.15, 0.2) is 5.96 Å². The highest BCUT2D eigenvalue weighted by Gasteiger charge is 2.08. The molecular formula is C19H32N4O. The molecule has 1 amide bonds. The van der Waals surface area contributed by atoms with Gasteiger partial charge in [-0.05, 0) is 43.9 Å². The zero-order chi connectivity index (χ0) is 17.9. The van der Waals surface area contributed by atoms with E-state index in [0.717, 1.165) is 30.2 Å². The van der Waals surface area contributed by atoms with Gasteiger partial charge in [0, 0.05) is 24.7 Å². The van der Waals surface area contributed by atoms with Crippen LogP contribution in [0.15, 0.2) is 29.3 Å². The maximum absolute atomic E-state index is 11.7. The minimum absolute atomic E-state index is 0.0546. The summed E-state index contributed by atoms with van der Waals surface area (Å²) in [7, 11) is 0. The fraction of sp³-hybridized carbons (Fsp3) is 0.579. The Kier molecular flexibility index (Phi) is 8.90. The summed E-state index contributed by atoms with van der Waals surface area (Å²) in [4.78, 5) is 16.3. The average molecular weight is 332 g/mol. The maximum atomic E-state index is 11.7. The van der Waals surface area contributed by atoms with Crippen molar-refractivity contribution in [1.82, 2.24) is 10.6 Å². The average Bonchev–Trinajstić information content (AvgIpc) is 2.53. The van der Waals surface area contributed by atoms with Gasteiger partial charge in [-0.25, -0.2) is 4.99 Å². The molecule has 0 aromatic heterocycles. The molecule has 0 aliphatic carbocycles. The molecule has 24 heavy (non-hydrogen) atoms. The zero-order valence-corrected chi connectivity index (χ0v) is 15.6. The van der Waals surface area contributed by atoms with Crippen molar-refractivity contribution >= 4 is 17.6 Å². The molecule has 0 saturated carbocycles. The van der Waals surface area contributed by atoms with Crippen LogP contribution in [-0.4, -0.2) is 24.5 Å². The topological polar surface area (TPSA) is 65.5 Å². The Morgan fingerprint density at radius 1 is 1.21 bits per heavy atom. The predicted molar refractivity (Wildman–Crippen MR) is 102 cm³/mol. The Labute approximate surface area is 146 Å². The van der Waals surface area contributed by atoms with Gasteiger partial charge in [-0.15, -0.1) is 0 Å². The second-order valence-electron chi connectivity index (χ2n) is 6.37. The Hall–Kier alpha value is -2.04. The van der Waals surface area contributed by atoms with Crippen LogP contribution in [0.1, 0.15) is 53.0 Å². The molecule has 5 nitrogen and oxygen atoms in total. The molecule has 0 aliphatic rings. The second-order valence-corrected chi connectivity index (χ2v) is 6.37. The molecule has 5 heteroatoms. The van der Waals surface area contributed by atoms with E-state index < -0.39 is 0 Å². The summed E-state index contributed by atoms with van der Waals surface area (Å²) in [5, 5.41) is 9.62. The zero-order valence-electron chi connectivity index (χ0n) is 15.6. The molecule has 1 atom stereocenters. The molecule has 1 aromatic carbocycles. The van der Waals surface area contributed by atoms with Crippen LogP contribution in [0.4, 0.5) is 5.69 Å². The molecule has 1 aromatic rings. The molecule has 0 fully saturated rings. The summed E-state index contributed by atoms with van der Waals surface area (Å²) in [6.07, 6.45) is 1.39. The summed E-state index contributed by atoms with van der Waals surface area (Å²) in [6, 6.07) is 8.21. The van der Waals surface area contributed by atoms with Gasteiger partial charge in [0.05, 0.1) is 6.54 Å². The molecule has 0 aliphatic heterocycles. The van der Waals surface area contributed by atoms with Crippen molar-refractivity contribution in [3.8, 4) is 0 Å². The summed E-state index contributed by atoms with van der Waals surface area (Å²) >= 11 is 0. The second kappa shape index (κ2) is 10.7. The smallest absolute Gasteiger partial charge is 0.224 e. The van der Waals surface area contributed by atoms with Gasteiger partial charge in [-0.3, -0.25) is 4.79 Å². The van der Waals surface area contributed by atoms with Crippen LogP contribution in [0, 0.1) is 5.92 Å². The van der Waals surface area contributed by atoms with Gasteiger partial charge >= 0.3 is 0 Å². The molecule has 134 valence electrons. The SMILES string of the molecule is CCCC(=O)Nc1cccc(CN=C(NCC)NC(C)C(C)C)c1. The number of hydrogen-bond donors (Lipinski definition) is 3. The molecule has 0 heterocycles. The molecule has 0 saturated heterocycles. The van der Waals surface area contributed by atoms with Gasteiger partial charge in [0.25, 0.3) is 0 Å². The van der Waals surface area contributed by atoms with Crippen LogP contribution in [0.3, 0.4) is 0 Å². The van der Waals surface area contributed by atoms with Crippen molar-refractivity contribution in [2.24, 2.45) is 10.9 Å². The number of nitrogens with zero attached hydrogens (tertiary/aromatic N) is 1. The van der Waals surface area contributed by atoms with Crippen molar-refractivity contribution in [1.29, 1.82) is 0 Å². The Bertz CT molecular complexity index is 540. The van der Waals surface area contributed by atoms with Crippen molar-refractivity contribution in [2.45, 2.75) is 60.0 Å². The Balaban J connectivity index is 2.73. The lowest BCUT2D eigenvalue weighted by atomic mass is 10.1. The molecule has 3 N–H and O–H groups in total. The quantitative estimate of drug-likeness (QED) is 0.504. The lowest BCUT2D eigenvalue weighted by molar-refractivity contribution is -0.116. The monoisotopic (exact) mass is 332 g/mol. The van der Waals surface area contributed by atoms with Crippen molar-refractivity contribution in [3.05, 3.63) is 29.8 Å². The van der Waals surface area contributed by atoms with Gasteiger partial charge in [0.2, 0.25) is 5.91 Å². The van der Waals surface area contributed by atoms with E-state index in [1.807, 2.05) is 31.2 Å². The largest absolute Gasteiger partial charge is 0.357 e. The van der Waals surface area contributed by atoms with Crippen LogP contribution in [0.5, 0.6) is 0 Å². The molecule has 0 bridgehead atoms. The first-order chi connectivity index (χ1) is 11.5. The number of hydrogen-bond acceptors (Lipinski definition) is 2. The minimum Gasteiger partial charge on any atom is -0.357 e. The predicted octanol–water partition coefficient (Wildman–Crippen LogP) is 3.52. The number of carbonyl (C=O) groups is 1. The molecule has 1 unspecified atom stereocenters. The number of guanidine groups is 1. The highest BCUT2D eigenvalue weighted by molar-refractivity contribution is 5.90. The minimum atomic E-state index is 0.0546. The standard InChI is InChI=1S/C19H32N4O/c1-6-9-18(24)23-17-11-8-10-16(12-17)13-21-19(20-7-2)22-15(5)14(3)4/h8,10-12,14-15H,6-7,9,13H2,1-5H3,(H,23,24)(H2,20,21,22). The fourth-order valence-electron chi connectivity index (χ4n) is 2.07. The van der Waals surface area contributed by atoms with E-state index in [1.54, 1.807) is 0 Å². The molecule has 0 radical (unpaired) electrons. The van der Waals surface area contributed by atoms with E-state index in [0.29, 0.717) is 24.9 Å². The number of anilines is 1. The van der Waals surface area contributed by atoms with Crippen LogP contribution >= 0.6 is 0 Å². The molecular weight excluding hydrogens is 300 g/mol. The number of aliphatic imine (C=N–C) groups is 1.